The van der Waals surface area contributed by atoms with E-state index in [1.165, 1.54) is 0 Å². The van der Waals surface area contributed by atoms with Crippen molar-refractivity contribution in [2.75, 3.05) is 0 Å². The molecule has 0 saturated heterocycles. The highest BCUT2D eigenvalue weighted by Crippen LogP contribution is 2.16. The Balaban J connectivity index is 1.90. The van der Waals surface area contributed by atoms with Gasteiger partial charge in [-0.3, -0.25) is 0 Å². The van der Waals surface area contributed by atoms with Crippen molar-refractivity contribution < 1.29 is 0 Å². The molecule has 0 saturated carbocycles. The molecule has 2 aromatic carbocycles. The van der Waals surface area contributed by atoms with E-state index >= 15 is 0 Å². The Kier molecular flexibility index (Phi) is 4.80. The van der Waals surface area contributed by atoms with Gasteiger partial charge in [-0.1, -0.05) is 72.3 Å². The smallest absolute Gasteiger partial charge is 0.216 e. The van der Waals surface area contributed by atoms with Crippen LogP contribution in [0.2, 0.25) is 0 Å². The van der Waals surface area contributed by atoms with Crippen LogP contribution in [0.5, 0.6) is 0 Å². The molecular formula is C17H13ClN4S. The third-order valence-electron chi connectivity index (χ3n) is 3.08. The first-order valence-electron chi connectivity index (χ1n) is 6.93. The first kappa shape index (κ1) is 15.4. The average molecular weight is 341 g/mol. The summed E-state index contributed by atoms with van der Waals surface area (Å²) in [5, 5.41) is 11.8. The van der Waals surface area contributed by atoms with Crippen LogP contribution in [0.1, 0.15) is 5.56 Å². The number of hydrogen-bond donors (Lipinski definition) is 1. The topological polar surface area (TPSA) is 46.0 Å². The van der Waals surface area contributed by atoms with Crippen molar-refractivity contribution in [3.05, 3.63) is 76.0 Å². The van der Waals surface area contributed by atoms with Gasteiger partial charge in [0, 0.05) is 5.56 Å². The minimum absolute atomic E-state index is 0.407. The standard InChI is InChI=1S/C17H13ClN4S/c18-15(11-13-7-3-1-4-8-13)12-19-22-16(20-21-17(22)23)14-9-5-2-6-10-14/h1-12H,(H,21,23)/b15-11-,19-12-. The van der Waals surface area contributed by atoms with Crippen molar-refractivity contribution in [3.63, 3.8) is 0 Å². The fraction of sp³-hybridized carbons (Fsp3) is 0. The Labute approximate surface area is 143 Å². The molecule has 0 spiro atoms. The molecule has 0 radical (unpaired) electrons. The fourth-order valence-corrected chi connectivity index (χ4v) is 2.38. The molecule has 0 unspecified atom stereocenters. The number of hydrogen-bond acceptors (Lipinski definition) is 3. The van der Waals surface area contributed by atoms with E-state index < -0.39 is 0 Å². The molecule has 0 amide bonds. The van der Waals surface area contributed by atoms with Gasteiger partial charge >= 0.3 is 0 Å². The Bertz CT molecular complexity index is 895. The summed E-state index contributed by atoms with van der Waals surface area (Å²) < 4.78 is 1.95. The van der Waals surface area contributed by atoms with E-state index in [9.17, 15) is 0 Å². The maximum Gasteiger partial charge on any atom is 0.216 e. The number of H-pyrrole nitrogens is 1. The van der Waals surface area contributed by atoms with Crippen molar-refractivity contribution >= 4 is 36.1 Å². The molecule has 3 aromatic rings. The number of halogens is 1. The SMILES string of the molecule is S=c1[nH]nc(-c2ccccc2)n1/N=C\C(Cl)=C\c1ccccc1. The highest BCUT2D eigenvalue weighted by molar-refractivity contribution is 7.71. The molecule has 1 heterocycles. The molecule has 0 aliphatic heterocycles. The Morgan fingerprint density at radius 1 is 1.09 bits per heavy atom. The molecule has 4 nitrogen and oxygen atoms in total. The van der Waals surface area contributed by atoms with Crippen molar-refractivity contribution in [3.8, 4) is 11.4 Å². The zero-order valence-corrected chi connectivity index (χ0v) is 13.6. The predicted octanol–water partition coefficient (Wildman–Crippen LogP) is 4.72. The Morgan fingerprint density at radius 3 is 2.43 bits per heavy atom. The van der Waals surface area contributed by atoms with Crippen LogP contribution >= 0.6 is 23.8 Å². The van der Waals surface area contributed by atoms with E-state index in [0.717, 1.165) is 11.1 Å². The van der Waals surface area contributed by atoms with Crippen LogP contribution in [0.15, 0.2) is 70.8 Å². The first-order valence-corrected chi connectivity index (χ1v) is 7.72. The second-order valence-electron chi connectivity index (χ2n) is 4.71. The third-order valence-corrected chi connectivity index (χ3v) is 3.55. The molecule has 1 N–H and O–H groups in total. The van der Waals surface area contributed by atoms with Crippen LogP contribution in [0.3, 0.4) is 0 Å². The normalized spacial score (nSPS) is 12.0. The van der Waals surface area contributed by atoms with Crippen molar-refractivity contribution in [1.29, 1.82) is 0 Å². The van der Waals surface area contributed by atoms with Gasteiger partial charge in [0.05, 0.1) is 11.2 Å². The fourth-order valence-electron chi connectivity index (χ4n) is 2.03. The molecule has 114 valence electrons. The Hall–Kier alpha value is -2.50. The van der Waals surface area contributed by atoms with E-state index in [-0.39, 0.29) is 0 Å². The predicted molar refractivity (Wildman–Crippen MR) is 97.0 cm³/mol. The summed E-state index contributed by atoms with van der Waals surface area (Å²) in [5.41, 5.74) is 1.92. The zero-order chi connectivity index (χ0) is 16.1. The van der Waals surface area contributed by atoms with E-state index in [0.29, 0.717) is 15.6 Å². The van der Waals surface area contributed by atoms with Gasteiger partial charge in [-0.05, 0) is 23.9 Å². The van der Waals surface area contributed by atoms with Crippen LogP contribution in [0.25, 0.3) is 17.5 Å². The minimum Gasteiger partial charge on any atom is -0.250 e. The quantitative estimate of drug-likeness (QED) is 0.551. The summed E-state index contributed by atoms with van der Waals surface area (Å²) in [7, 11) is 0. The number of benzene rings is 2. The van der Waals surface area contributed by atoms with Gasteiger partial charge in [-0.15, -0.1) is 0 Å². The number of nitrogens with one attached hydrogen (secondary N) is 1. The third kappa shape index (κ3) is 3.83. The second-order valence-corrected chi connectivity index (χ2v) is 5.54. The number of aromatic nitrogens is 3. The summed E-state index contributed by atoms with van der Waals surface area (Å²) >= 11 is 11.4. The van der Waals surface area contributed by atoms with Gasteiger partial charge in [-0.2, -0.15) is 14.9 Å². The van der Waals surface area contributed by atoms with Gasteiger partial charge in [0.2, 0.25) is 4.77 Å². The zero-order valence-electron chi connectivity index (χ0n) is 12.1. The highest BCUT2D eigenvalue weighted by atomic mass is 35.5. The van der Waals surface area contributed by atoms with Crippen LogP contribution in [0.4, 0.5) is 0 Å². The summed E-state index contributed by atoms with van der Waals surface area (Å²) in [6, 6.07) is 19.5. The summed E-state index contributed by atoms with van der Waals surface area (Å²) in [6.45, 7) is 0. The number of allylic oxidation sites excluding steroid dienone is 1. The lowest BCUT2D eigenvalue weighted by molar-refractivity contribution is 0.872. The van der Waals surface area contributed by atoms with Gasteiger partial charge < -0.3 is 0 Å². The van der Waals surface area contributed by atoms with E-state index in [4.69, 9.17) is 23.8 Å². The molecule has 0 aliphatic rings. The lowest BCUT2D eigenvalue weighted by Gasteiger charge is -2.00. The monoisotopic (exact) mass is 340 g/mol. The molecule has 6 heteroatoms. The average Bonchev–Trinajstić information content (AvgIpc) is 2.95. The van der Waals surface area contributed by atoms with Crippen LogP contribution in [0, 0.1) is 4.77 Å². The van der Waals surface area contributed by atoms with E-state index in [1.807, 2.05) is 66.7 Å². The molecule has 0 aliphatic carbocycles. The second kappa shape index (κ2) is 7.17. The highest BCUT2D eigenvalue weighted by Gasteiger charge is 2.06. The molecule has 0 fully saturated rings. The van der Waals surface area contributed by atoms with Crippen LogP contribution in [-0.2, 0) is 0 Å². The van der Waals surface area contributed by atoms with Gasteiger partial charge in [0.25, 0.3) is 0 Å². The summed E-state index contributed by atoms with van der Waals surface area (Å²) in [6.07, 6.45) is 3.38. The van der Waals surface area contributed by atoms with Crippen LogP contribution in [-0.4, -0.2) is 21.1 Å². The van der Waals surface area contributed by atoms with Crippen molar-refractivity contribution in [2.45, 2.75) is 0 Å². The first-order chi connectivity index (χ1) is 11.2. The van der Waals surface area contributed by atoms with E-state index in [2.05, 4.69) is 15.3 Å². The Morgan fingerprint density at radius 2 is 1.74 bits per heavy atom. The van der Waals surface area contributed by atoms with Gasteiger partial charge in [-0.25, -0.2) is 5.10 Å². The lowest BCUT2D eigenvalue weighted by Crippen LogP contribution is -1.94. The molecular weight excluding hydrogens is 328 g/mol. The molecule has 23 heavy (non-hydrogen) atoms. The van der Waals surface area contributed by atoms with Gasteiger partial charge in [0.15, 0.2) is 5.82 Å². The molecule has 0 atom stereocenters. The number of rotatable bonds is 4. The maximum absolute atomic E-state index is 6.22. The summed E-state index contributed by atoms with van der Waals surface area (Å²) in [5.74, 6) is 0.635. The van der Waals surface area contributed by atoms with Crippen LogP contribution < -0.4 is 0 Å². The molecule has 1 aromatic heterocycles. The molecule has 3 rings (SSSR count). The maximum atomic E-state index is 6.22. The van der Waals surface area contributed by atoms with Crippen molar-refractivity contribution in [1.82, 2.24) is 14.9 Å². The largest absolute Gasteiger partial charge is 0.250 e. The lowest BCUT2D eigenvalue weighted by atomic mass is 10.2. The van der Waals surface area contributed by atoms with Gasteiger partial charge in [0.1, 0.15) is 0 Å². The summed E-state index contributed by atoms with van der Waals surface area (Å²) in [4.78, 5) is 0. The van der Waals surface area contributed by atoms with E-state index in [1.54, 1.807) is 10.9 Å². The number of aromatic amines is 1. The minimum atomic E-state index is 0.407. The molecule has 0 bridgehead atoms. The van der Waals surface area contributed by atoms with Crippen molar-refractivity contribution in [2.24, 2.45) is 5.10 Å². The number of nitrogens with zero attached hydrogens (tertiary/aromatic N) is 3.